The van der Waals surface area contributed by atoms with Crippen LogP contribution in [0.2, 0.25) is 0 Å². The standard InChI is InChI=1S/C14H19NO3/c1-4-15(9-11(2)18-12(3)17)14-7-5-13(10-16)6-8-14/h5-8,10-11H,4,9H2,1-3H3. The van der Waals surface area contributed by atoms with Crippen molar-refractivity contribution in [2.24, 2.45) is 0 Å². The van der Waals surface area contributed by atoms with Crippen LogP contribution in [0.4, 0.5) is 5.69 Å². The molecule has 18 heavy (non-hydrogen) atoms. The SMILES string of the molecule is CCN(CC(C)OC(C)=O)c1ccc(C=O)cc1. The summed E-state index contributed by atoms with van der Waals surface area (Å²) >= 11 is 0. The molecule has 0 heterocycles. The molecule has 1 aromatic carbocycles. The number of nitrogens with zero attached hydrogens (tertiary/aromatic N) is 1. The molecule has 0 saturated heterocycles. The van der Waals surface area contributed by atoms with Crippen molar-refractivity contribution in [3.8, 4) is 0 Å². The third-order valence-corrected chi connectivity index (χ3v) is 2.62. The molecule has 0 aliphatic rings. The largest absolute Gasteiger partial charge is 0.461 e. The normalized spacial score (nSPS) is 11.7. The van der Waals surface area contributed by atoms with E-state index in [1.54, 1.807) is 12.1 Å². The van der Waals surface area contributed by atoms with E-state index in [0.29, 0.717) is 12.1 Å². The first kappa shape index (κ1) is 14.2. The number of aldehydes is 1. The number of ether oxygens (including phenoxy) is 1. The summed E-state index contributed by atoms with van der Waals surface area (Å²) in [5.74, 6) is -0.269. The second kappa shape index (κ2) is 6.79. The molecule has 1 rings (SSSR count). The number of carbonyl (C=O) groups excluding carboxylic acids is 2. The number of likely N-dealkylation sites (N-methyl/N-ethyl adjacent to an activating group) is 1. The van der Waals surface area contributed by atoms with Crippen molar-refractivity contribution in [1.82, 2.24) is 0 Å². The lowest BCUT2D eigenvalue weighted by atomic mass is 10.2. The number of hydrogen-bond acceptors (Lipinski definition) is 4. The van der Waals surface area contributed by atoms with Gasteiger partial charge in [-0.2, -0.15) is 0 Å². The quantitative estimate of drug-likeness (QED) is 0.573. The Labute approximate surface area is 108 Å². The topological polar surface area (TPSA) is 46.6 Å². The molecule has 0 N–H and O–H groups in total. The molecule has 0 saturated carbocycles. The minimum Gasteiger partial charge on any atom is -0.461 e. The van der Waals surface area contributed by atoms with Crippen molar-refractivity contribution in [2.75, 3.05) is 18.0 Å². The summed E-state index contributed by atoms with van der Waals surface area (Å²) < 4.78 is 5.11. The Balaban J connectivity index is 2.69. The van der Waals surface area contributed by atoms with E-state index < -0.39 is 0 Å². The fourth-order valence-electron chi connectivity index (χ4n) is 1.81. The minimum absolute atomic E-state index is 0.159. The average Bonchev–Trinajstić information content (AvgIpc) is 2.35. The summed E-state index contributed by atoms with van der Waals surface area (Å²) in [6.07, 6.45) is 0.662. The zero-order chi connectivity index (χ0) is 13.5. The van der Waals surface area contributed by atoms with E-state index in [-0.39, 0.29) is 12.1 Å². The van der Waals surface area contributed by atoms with E-state index in [9.17, 15) is 9.59 Å². The molecule has 0 radical (unpaired) electrons. The lowest BCUT2D eigenvalue weighted by Gasteiger charge is -2.26. The summed E-state index contributed by atoms with van der Waals surface area (Å²) in [6.45, 7) is 6.76. The van der Waals surface area contributed by atoms with Crippen molar-refractivity contribution in [3.63, 3.8) is 0 Å². The first-order valence-corrected chi connectivity index (χ1v) is 6.04. The second-order valence-corrected chi connectivity index (χ2v) is 4.17. The lowest BCUT2D eigenvalue weighted by Crippen LogP contribution is -2.33. The Hall–Kier alpha value is -1.84. The Bertz CT molecular complexity index is 400. The summed E-state index contributed by atoms with van der Waals surface area (Å²) in [5.41, 5.74) is 1.67. The predicted octanol–water partition coefficient (Wildman–Crippen LogP) is 2.28. The predicted molar refractivity (Wildman–Crippen MR) is 70.9 cm³/mol. The van der Waals surface area contributed by atoms with Crippen molar-refractivity contribution >= 4 is 17.9 Å². The molecule has 0 fully saturated rings. The van der Waals surface area contributed by atoms with E-state index in [2.05, 4.69) is 4.90 Å². The number of hydrogen-bond donors (Lipinski definition) is 0. The van der Waals surface area contributed by atoms with Gasteiger partial charge in [0, 0.05) is 24.7 Å². The number of anilines is 1. The van der Waals surface area contributed by atoms with Crippen LogP contribution in [-0.4, -0.2) is 31.4 Å². The maximum absolute atomic E-state index is 10.9. The summed E-state index contributed by atoms with van der Waals surface area (Å²) in [6, 6.07) is 7.35. The van der Waals surface area contributed by atoms with Gasteiger partial charge in [-0.15, -0.1) is 0 Å². The molecule has 4 nitrogen and oxygen atoms in total. The fraction of sp³-hybridized carbons (Fsp3) is 0.429. The highest BCUT2D eigenvalue weighted by molar-refractivity contribution is 5.75. The van der Waals surface area contributed by atoms with Gasteiger partial charge in [-0.1, -0.05) is 0 Å². The van der Waals surface area contributed by atoms with Crippen molar-refractivity contribution in [1.29, 1.82) is 0 Å². The van der Waals surface area contributed by atoms with Gasteiger partial charge < -0.3 is 9.64 Å². The van der Waals surface area contributed by atoms with Gasteiger partial charge in [0.05, 0.1) is 6.54 Å². The fourth-order valence-corrected chi connectivity index (χ4v) is 1.81. The van der Waals surface area contributed by atoms with Crippen LogP contribution >= 0.6 is 0 Å². The Morgan fingerprint density at radius 3 is 2.44 bits per heavy atom. The molecular weight excluding hydrogens is 230 g/mol. The molecule has 0 amide bonds. The van der Waals surface area contributed by atoms with Crippen molar-refractivity contribution in [2.45, 2.75) is 26.9 Å². The molecule has 0 bridgehead atoms. The van der Waals surface area contributed by atoms with Gasteiger partial charge in [-0.3, -0.25) is 9.59 Å². The Morgan fingerprint density at radius 2 is 2.00 bits per heavy atom. The minimum atomic E-state index is -0.269. The number of esters is 1. The number of carbonyl (C=O) groups is 2. The third-order valence-electron chi connectivity index (χ3n) is 2.62. The van der Waals surface area contributed by atoms with Gasteiger partial charge in [0.25, 0.3) is 0 Å². The van der Waals surface area contributed by atoms with Crippen LogP contribution < -0.4 is 4.90 Å². The van der Waals surface area contributed by atoms with Gasteiger partial charge in [-0.25, -0.2) is 0 Å². The van der Waals surface area contributed by atoms with Crippen LogP contribution in [0.15, 0.2) is 24.3 Å². The molecule has 1 unspecified atom stereocenters. The monoisotopic (exact) mass is 249 g/mol. The molecule has 98 valence electrons. The zero-order valence-electron chi connectivity index (χ0n) is 11.1. The van der Waals surface area contributed by atoms with Crippen molar-refractivity contribution < 1.29 is 14.3 Å². The first-order chi connectivity index (χ1) is 8.56. The second-order valence-electron chi connectivity index (χ2n) is 4.17. The van der Waals surface area contributed by atoms with Crippen LogP contribution in [0.3, 0.4) is 0 Å². The van der Waals surface area contributed by atoms with Gasteiger partial charge in [-0.05, 0) is 38.1 Å². The number of rotatable bonds is 6. The average molecular weight is 249 g/mol. The van der Waals surface area contributed by atoms with E-state index in [1.807, 2.05) is 26.0 Å². The van der Waals surface area contributed by atoms with Gasteiger partial charge in [0.2, 0.25) is 0 Å². The van der Waals surface area contributed by atoms with Crippen molar-refractivity contribution in [3.05, 3.63) is 29.8 Å². The highest BCUT2D eigenvalue weighted by Crippen LogP contribution is 2.15. The summed E-state index contributed by atoms with van der Waals surface area (Å²) in [7, 11) is 0. The smallest absolute Gasteiger partial charge is 0.302 e. The zero-order valence-corrected chi connectivity index (χ0v) is 11.1. The van der Waals surface area contributed by atoms with E-state index in [0.717, 1.165) is 18.5 Å². The van der Waals surface area contributed by atoms with E-state index in [1.165, 1.54) is 6.92 Å². The van der Waals surface area contributed by atoms with Crippen LogP contribution in [0.5, 0.6) is 0 Å². The first-order valence-electron chi connectivity index (χ1n) is 6.04. The maximum Gasteiger partial charge on any atom is 0.302 e. The highest BCUT2D eigenvalue weighted by atomic mass is 16.5. The maximum atomic E-state index is 10.9. The molecule has 0 spiro atoms. The van der Waals surface area contributed by atoms with Crippen LogP contribution in [0, 0.1) is 0 Å². The molecule has 0 aliphatic heterocycles. The van der Waals surface area contributed by atoms with Crippen LogP contribution in [0.1, 0.15) is 31.1 Å². The molecule has 0 aliphatic carbocycles. The Morgan fingerprint density at radius 1 is 1.39 bits per heavy atom. The molecular formula is C14H19NO3. The molecule has 0 aromatic heterocycles. The molecule has 1 atom stereocenters. The highest BCUT2D eigenvalue weighted by Gasteiger charge is 2.11. The van der Waals surface area contributed by atoms with Gasteiger partial charge in [0.15, 0.2) is 0 Å². The number of benzene rings is 1. The van der Waals surface area contributed by atoms with Gasteiger partial charge >= 0.3 is 5.97 Å². The van der Waals surface area contributed by atoms with Gasteiger partial charge in [0.1, 0.15) is 12.4 Å². The van der Waals surface area contributed by atoms with Crippen LogP contribution in [-0.2, 0) is 9.53 Å². The molecule has 1 aromatic rings. The Kier molecular flexibility index (Phi) is 5.36. The molecule has 4 heteroatoms. The summed E-state index contributed by atoms with van der Waals surface area (Å²) in [5, 5.41) is 0. The van der Waals surface area contributed by atoms with E-state index in [4.69, 9.17) is 4.74 Å². The lowest BCUT2D eigenvalue weighted by molar-refractivity contribution is -0.145. The van der Waals surface area contributed by atoms with E-state index >= 15 is 0 Å². The summed E-state index contributed by atoms with van der Waals surface area (Å²) in [4.78, 5) is 23.5. The third kappa shape index (κ3) is 4.20. The van der Waals surface area contributed by atoms with Crippen LogP contribution in [0.25, 0.3) is 0 Å².